The van der Waals surface area contributed by atoms with Crippen LogP contribution in [0.15, 0.2) is 30.1 Å². The number of hydrogen-bond donors (Lipinski definition) is 1. The highest BCUT2D eigenvalue weighted by Crippen LogP contribution is 2.28. The van der Waals surface area contributed by atoms with Crippen LogP contribution < -0.4 is 10.5 Å². The van der Waals surface area contributed by atoms with Crippen LogP contribution in [-0.4, -0.2) is 36.0 Å². The number of fused-ring (bicyclic) bond motifs is 1. The summed E-state index contributed by atoms with van der Waals surface area (Å²) in [5, 5.41) is 0. The molecule has 0 saturated heterocycles. The van der Waals surface area contributed by atoms with Gasteiger partial charge in [0.2, 0.25) is 0 Å². The minimum Gasteiger partial charge on any atom is -0.489 e. The first-order chi connectivity index (χ1) is 10.4. The number of ether oxygens (including phenoxy) is 1. The third-order valence-corrected chi connectivity index (χ3v) is 3.81. The average Bonchev–Trinajstić information content (AvgIpc) is 2.47. The molecular formula is C17H23FN2O2. The van der Waals surface area contributed by atoms with Crippen molar-refractivity contribution in [3.63, 3.8) is 0 Å². The molecule has 2 N–H and O–H groups in total. The first kappa shape index (κ1) is 16.5. The minimum absolute atomic E-state index is 0.0478. The predicted molar refractivity (Wildman–Crippen MR) is 84.7 cm³/mol. The second-order valence-corrected chi connectivity index (χ2v) is 6.46. The summed E-state index contributed by atoms with van der Waals surface area (Å²) in [7, 11) is 0. The van der Waals surface area contributed by atoms with Gasteiger partial charge in [-0.1, -0.05) is 0 Å². The maximum absolute atomic E-state index is 12.5. The number of rotatable bonds is 4. The van der Waals surface area contributed by atoms with Crippen molar-refractivity contribution in [1.82, 2.24) is 4.90 Å². The van der Waals surface area contributed by atoms with Crippen LogP contribution in [0.3, 0.4) is 0 Å². The lowest BCUT2D eigenvalue weighted by Gasteiger charge is -2.39. The van der Waals surface area contributed by atoms with E-state index in [1.165, 1.54) is 0 Å². The molecule has 0 bridgehead atoms. The molecule has 0 aromatic heterocycles. The number of nitrogens with zero attached hydrogens (tertiary/aromatic N) is 1. The standard InChI is InChI=1S/C17H23FN2O2/c1-17(2,3)20-7-6-13-8-14(4-5-15(13)16(20)21)22-11-12(9-18)10-19/h4-5,8-9H,6-7,10-11,19H2,1-3H3/b12-9+. The van der Waals surface area contributed by atoms with Crippen molar-refractivity contribution in [3.8, 4) is 5.75 Å². The Kier molecular flexibility index (Phi) is 4.86. The zero-order valence-electron chi connectivity index (χ0n) is 13.4. The Labute approximate surface area is 130 Å². The summed E-state index contributed by atoms with van der Waals surface area (Å²) in [6.07, 6.45) is 1.27. The Morgan fingerprint density at radius 2 is 2.18 bits per heavy atom. The molecule has 1 aromatic rings. The third kappa shape index (κ3) is 3.47. The van der Waals surface area contributed by atoms with Crippen LogP contribution in [0.2, 0.25) is 0 Å². The van der Waals surface area contributed by atoms with Crippen LogP contribution >= 0.6 is 0 Å². The highest BCUT2D eigenvalue weighted by atomic mass is 19.1. The number of amides is 1. The number of carbonyl (C=O) groups excluding carboxylic acids is 1. The van der Waals surface area contributed by atoms with E-state index in [9.17, 15) is 9.18 Å². The lowest BCUT2D eigenvalue weighted by Crippen LogP contribution is -2.49. The molecule has 0 unspecified atom stereocenters. The maximum atomic E-state index is 12.5. The van der Waals surface area contributed by atoms with Gasteiger partial charge in [-0.2, -0.15) is 0 Å². The maximum Gasteiger partial charge on any atom is 0.254 e. The van der Waals surface area contributed by atoms with Crippen LogP contribution in [0, 0.1) is 0 Å². The van der Waals surface area contributed by atoms with Gasteiger partial charge < -0.3 is 15.4 Å². The molecule has 1 aliphatic rings. The fourth-order valence-corrected chi connectivity index (χ4v) is 2.51. The Morgan fingerprint density at radius 1 is 1.45 bits per heavy atom. The van der Waals surface area contributed by atoms with E-state index in [-0.39, 0.29) is 24.6 Å². The van der Waals surface area contributed by atoms with Gasteiger partial charge in [0.1, 0.15) is 12.4 Å². The molecule has 2 rings (SSSR count). The Hall–Kier alpha value is -1.88. The summed E-state index contributed by atoms with van der Waals surface area (Å²) < 4.78 is 18.0. The normalized spacial score (nSPS) is 15.8. The fraction of sp³-hybridized carbons (Fsp3) is 0.471. The van der Waals surface area contributed by atoms with Gasteiger partial charge in [0, 0.05) is 29.8 Å². The smallest absolute Gasteiger partial charge is 0.254 e. The highest BCUT2D eigenvalue weighted by molar-refractivity contribution is 5.97. The third-order valence-electron chi connectivity index (χ3n) is 3.81. The van der Waals surface area contributed by atoms with Crippen molar-refractivity contribution < 1.29 is 13.9 Å². The molecule has 22 heavy (non-hydrogen) atoms. The van der Waals surface area contributed by atoms with E-state index in [2.05, 4.69) is 0 Å². The van der Waals surface area contributed by atoms with E-state index in [0.29, 0.717) is 29.8 Å². The van der Waals surface area contributed by atoms with Crippen LogP contribution in [0.5, 0.6) is 5.75 Å². The van der Waals surface area contributed by atoms with Gasteiger partial charge >= 0.3 is 0 Å². The number of nitrogens with two attached hydrogens (primary N) is 1. The zero-order chi connectivity index (χ0) is 16.3. The number of halogens is 1. The summed E-state index contributed by atoms with van der Waals surface area (Å²) in [4.78, 5) is 14.4. The number of benzene rings is 1. The second kappa shape index (κ2) is 6.48. The molecule has 0 radical (unpaired) electrons. The molecule has 0 saturated carbocycles. The van der Waals surface area contributed by atoms with Gasteiger partial charge in [-0.3, -0.25) is 4.79 Å². The fourth-order valence-electron chi connectivity index (χ4n) is 2.51. The number of hydrogen-bond acceptors (Lipinski definition) is 3. The van der Waals surface area contributed by atoms with E-state index in [0.717, 1.165) is 12.0 Å². The Morgan fingerprint density at radius 3 is 2.77 bits per heavy atom. The van der Waals surface area contributed by atoms with Crippen LogP contribution in [0.4, 0.5) is 4.39 Å². The molecule has 0 aliphatic carbocycles. The van der Waals surface area contributed by atoms with Gasteiger partial charge in [0.15, 0.2) is 0 Å². The van der Waals surface area contributed by atoms with Crippen LogP contribution in [-0.2, 0) is 6.42 Å². The number of carbonyl (C=O) groups is 1. The molecule has 1 heterocycles. The summed E-state index contributed by atoms with van der Waals surface area (Å²) in [6, 6.07) is 5.39. The van der Waals surface area contributed by atoms with Gasteiger partial charge in [0.25, 0.3) is 5.91 Å². The van der Waals surface area contributed by atoms with E-state index in [1.807, 2.05) is 31.7 Å². The first-order valence-corrected chi connectivity index (χ1v) is 7.42. The quantitative estimate of drug-likeness (QED) is 0.930. The molecule has 1 aliphatic heterocycles. The molecule has 0 fully saturated rings. The van der Waals surface area contributed by atoms with Crippen molar-refractivity contribution in [2.75, 3.05) is 19.7 Å². The van der Waals surface area contributed by atoms with E-state index < -0.39 is 0 Å². The SMILES string of the molecule is CC(C)(C)N1CCc2cc(OC/C(=C/F)CN)ccc2C1=O. The molecular weight excluding hydrogens is 283 g/mol. The molecule has 1 amide bonds. The summed E-state index contributed by atoms with van der Waals surface area (Å²) in [6.45, 7) is 7.03. The Balaban J connectivity index is 2.15. The van der Waals surface area contributed by atoms with Crippen molar-refractivity contribution in [2.45, 2.75) is 32.7 Å². The van der Waals surface area contributed by atoms with Crippen molar-refractivity contribution >= 4 is 5.91 Å². The largest absolute Gasteiger partial charge is 0.489 e. The summed E-state index contributed by atoms with van der Waals surface area (Å²) >= 11 is 0. The lowest BCUT2D eigenvalue weighted by molar-refractivity contribution is 0.0562. The highest BCUT2D eigenvalue weighted by Gasteiger charge is 2.31. The monoisotopic (exact) mass is 306 g/mol. The first-order valence-electron chi connectivity index (χ1n) is 7.42. The molecule has 1 aromatic carbocycles. The molecule has 120 valence electrons. The predicted octanol–water partition coefficient (Wildman–Crippen LogP) is 2.67. The molecule has 0 atom stereocenters. The molecule has 0 spiro atoms. The summed E-state index contributed by atoms with van der Waals surface area (Å²) in [5.41, 5.74) is 7.29. The van der Waals surface area contributed by atoms with Gasteiger partial charge in [-0.15, -0.1) is 0 Å². The summed E-state index contributed by atoms with van der Waals surface area (Å²) in [5.74, 6) is 0.676. The van der Waals surface area contributed by atoms with E-state index in [1.54, 1.807) is 12.1 Å². The molecule has 4 nitrogen and oxygen atoms in total. The van der Waals surface area contributed by atoms with Gasteiger partial charge in [-0.25, -0.2) is 4.39 Å². The molecule has 5 heteroatoms. The van der Waals surface area contributed by atoms with Crippen molar-refractivity contribution in [3.05, 3.63) is 41.2 Å². The second-order valence-electron chi connectivity index (χ2n) is 6.46. The topological polar surface area (TPSA) is 55.6 Å². The van der Waals surface area contributed by atoms with Gasteiger partial charge in [0.05, 0.1) is 6.33 Å². The zero-order valence-corrected chi connectivity index (χ0v) is 13.4. The minimum atomic E-state index is -0.189. The van der Waals surface area contributed by atoms with E-state index in [4.69, 9.17) is 10.5 Å². The van der Waals surface area contributed by atoms with E-state index >= 15 is 0 Å². The van der Waals surface area contributed by atoms with Crippen molar-refractivity contribution in [2.24, 2.45) is 5.73 Å². The lowest BCUT2D eigenvalue weighted by atomic mass is 9.94. The van der Waals surface area contributed by atoms with Crippen LogP contribution in [0.1, 0.15) is 36.7 Å². The Bertz CT molecular complexity index is 591. The van der Waals surface area contributed by atoms with Crippen molar-refractivity contribution in [1.29, 1.82) is 0 Å². The van der Waals surface area contributed by atoms with Crippen LogP contribution in [0.25, 0.3) is 0 Å². The van der Waals surface area contributed by atoms with Gasteiger partial charge in [-0.05, 0) is 51.0 Å². The average molecular weight is 306 g/mol.